The van der Waals surface area contributed by atoms with Crippen molar-refractivity contribution in [3.8, 4) is 0 Å². The standard InChI is InChI=1S/C25H32N12O/c1-16-20(10-17(13-29-16)32-24(38)28-7-9-37-8-5-6-25(37,2)3)33-21-19-14-30-23(34-22(19)36(4)35-21)31-18-11-26-15-27-12-18/h10-15H,5-9H2,1-4H3,(H,33,35)(H2,28,32,38)(H,30,31,34). The maximum Gasteiger partial charge on any atom is 0.319 e. The van der Waals surface area contributed by atoms with Crippen molar-refractivity contribution in [1.29, 1.82) is 0 Å². The van der Waals surface area contributed by atoms with Gasteiger partial charge in [-0.3, -0.25) is 9.88 Å². The molecule has 5 heterocycles. The second-order valence-corrected chi connectivity index (χ2v) is 9.92. The molecule has 1 aliphatic rings. The fraction of sp³-hybridized carbons (Fsp3) is 0.400. The molecule has 38 heavy (non-hydrogen) atoms. The van der Waals surface area contributed by atoms with Crippen LogP contribution >= 0.6 is 0 Å². The Kier molecular flexibility index (Phi) is 7.01. The molecule has 0 spiro atoms. The molecule has 4 aromatic heterocycles. The highest BCUT2D eigenvalue weighted by Crippen LogP contribution is 2.28. The lowest BCUT2D eigenvalue weighted by molar-refractivity contribution is 0.176. The predicted molar refractivity (Wildman–Crippen MR) is 146 cm³/mol. The average Bonchev–Trinajstić information content (AvgIpc) is 3.39. The Labute approximate surface area is 220 Å². The van der Waals surface area contributed by atoms with Crippen LogP contribution in [-0.2, 0) is 7.05 Å². The number of urea groups is 1. The van der Waals surface area contributed by atoms with Gasteiger partial charge in [0.2, 0.25) is 5.95 Å². The monoisotopic (exact) mass is 516 g/mol. The van der Waals surface area contributed by atoms with Crippen molar-refractivity contribution in [2.75, 3.05) is 35.6 Å². The van der Waals surface area contributed by atoms with Gasteiger partial charge < -0.3 is 21.3 Å². The number of nitrogens with one attached hydrogen (secondary N) is 4. The van der Waals surface area contributed by atoms with E-state index in [9.17, 15) is 4.79 Å². The Morgan fingerprint density at radius 2 is 1.89 bits per heavy atom. The normalized spacial score (nSPS) is 14.9. The number of carbonyl (C=O) groups excluding carboxylic acids is 1. The second-order valence-electron chi connectivity index (χ2n) is 9.92. The van der Waals surface area contributed by atoms with Gasteiger partial charge in [-0.25, -0.2) is 24.4 Å². The lowest BCUT2D eigenvalue weighted by Gasteiger charge is -2.31. The molecular weight excluding hydrogens is 484 g/mol. The quantitative estimate of drug-likeness (QED) is 0.274. The van der Waals surface area contributed by atoms with E-state index in [2.05, 4.69) is 70.0 Å². The summed E-state index contributed by atoms with van der Waals surface area (Å²) in [6.45, 7) is 8.85. The number of rotatable bonds is 8. The fourth-order valence-corrected chi connectivity index (χ4v) is 4.60. The number of hydrogen-bond donors (Lipinski definition) is 4. The molecule has 1 aliphatic heterocycles. The van der Waals surface area contributed by atoms with Crippen LogP contribution in [-0.4, -0.2) is 70.8 Å². The highest BCUT2D eigenvalue weighted by atomic mass is 16.2. The fourth-order valence-electron chi connectivity index (χ4n) is 4.60. The molecule has 0 aliphatic carbocycles. The van der Waals surface area contributed by atoms with Crippen LogP contribution in [0.5, 0.6) is 0 Å². The summed E-state index contributed by atoms with van der Waals surface area (Å²) in [6.07, 6.45) is 10.5. The summed E-state index contributed by atoms with van der Waals surface area (Å²) in [7, 11) is 1.81. The maximum absolute atomic E-state index is 12.5. The molecule has 0 aromatic carbocycles. The number of likely N-dealkylation sites (tertiary alicyclic amines) is 1. The van der Waals surface area contributed by atoms with Crippen LogP contribution in [0.3, 0.4) is 0 Å². The maximum atomic E-state index is 12.5. The van der Waals surface area contributed by atoms with E-state index in [1.165, 1.54) is 19.2 Å². The molecule has 0 atom stereocenters. The van der Waals surface area contributed by atoms with Crippen molar-refractivity contribution in [2.45, 2.75) is 39.2 Å². The van der Waals surface area contributed by atoms with E-state index in [-0.39, 0.29) is 11.6 Å². The van der Waals surface area contributed by atoms with Crippen LogP contribution in [0, 0.1) is 6.92 Å². The highest BCUT2D eigenvalue weighted by Gasteiger charge is 2.31. The zero-order chi connectivity index (χ0) is 26.7. The first-order valence-electron chi connectivity index (χ1n) is 12.5. The first-order chi connectivity index (χ1) is 18.3. The van der Waals surface area contributed by atoms with Gasteiger partial charge in [0.1, 0.15) is 6.33 Å². The number of aryl methyl sites for hydroxylation is 2. The smallest absolute Gasteiger partial charge is 0.319 e. The van der Waals surface area contributed by atoms with E-state index in [1.54, 1.807) is 29.5 Å². The predicted octanol–water partition coefficient (Wildman–Crippen LogP) is 3.34. The summed E-state index contributed by atoms with van der Waals surface area (Å²) >= 11 is 0. The van der Waals surface area contributed by atoms with Gasteiger partial charge in [-0.1, -0.05) is 0 Å². The van der Waals surface area contributed by atoms with Crippen LogP contribution in [0.2, 0.25) is 0 Å². The van der Waals surface area contributed by atoms with Gasteiger partial charge in [-0.05, 0) is 46.2 Å². The molecule has 13 heteroatoms. The van der Waals surface area contributed by atoms with Crippen molar-refractivity contribution in [1.82, 2.24) is 44.9 Å². The van der Waals surface area contributed by atoms with Crippen LogP contribution in [0.1, 0.15) is 32.4 Å². The van der Waals surface area contributed by atoms with Gasteiger partial charge in [-0.2, -0.15) is 10.1 Å². The molecule has 1 fully saturated rings. The molecule has 0 saturated carbocycles. The Morgan fingerprint density at radius 1 is 1.08 bits per heavy atom. The van der Waals surface area contributed by atoms with Crippen LogP contribution in [0.15, 0.2) is 37.2 Å². The third-order valence-electron chi connectivity index (χ3n) is 6.73. The summed E-state index contributed by atoms with van der Waals surface area (Å²) in [5.74, 6) is 0.988. The third kappa shape index (κ3) is 5.62. The Morgan fingerprint density at radius 3 is 2.66 bits per heavy atom. The number of hydrogen-bond acceptors (Lipinski definition) is 10. The molecule has 2 amide bonds. The van der Waals surface area contributed by atoms with E-state index in [1.807, 2.05) is 20.0 Å². The molecule has 13 nitrogen and oxygen atoms in total. The lowest BCUT2D eigenvalue weighted by atomic mass is 10.0. The van der Waals surface area contributed by atoms with Gasteiger partial charge in [0.05, 0.1) is 46.7 Å². The molecule has 1 saturated heterocycles. The largest absolute Gasteiger partial charge is 0.337 e. The zero-order valence-corrected chi connectivity index (χ0v) is 22.0. The SMILES string of the molecule is Cc1ncc(NC(=O)NCCN2CCCC2(C)C)cc1Nc1nn(C)c2nc(Nc3cncnc3)ncc12. The van der Waals surface area contributed by atoms with E-state index in [4.69, 9.17) is 0 Å². The van der Waals surface area contributed by atoms with Crippen molar-refractivity contribution in [2.24, 2.45) is 7.05 Å². The molecule has 0 bridgehead atoms. The lowest BCUT2D eigenvalue weighted by Crippen LogP contribution is -2.43. The van der Waals surface area contributed by atoms with Crippen molar-refractivity contribution in [3.63, 3.8) is 0 Å². The van der Waals surface area contributed by atoms with Crippen LogP contribution < -0.4 is 21.3 Å². The minimum absolute atomic E-state index is 0.190. The summed E-state index contributed by atoms with van der Waals surface area (Å²) in [4.78, 5) is 36.3. The molecule has 0 unspecified atom stereocenters. The number of aromatic nitrogens is 7. The summed E-state index contributed by atoms with van der Waals surface area (Å²) in [6, 6.07) is 1.57. The minimum Gasteiger partial charge on any atom is -0.337 e. The van der Waals surface area contributed by atoms with E-state index < -0.39 is 0 Å². The summed E-state index contributed by atoms with van der Waals surface area (Å²) < 4.78 is 1.67. The first-order valence-corrected chi connectivity index (χ1v) is 12.5. The van der Waals surface area contributed by atoms with E-state index in [0.29, 0.717) is 41.0 Å². The van der Waals surface area contributed by atoms with Gasteiger partial charge in [0, 0.05) is 31.9 Å². The third-order valence-corrected chi connectivity index (χ3v) is 6.73. The van der Waals surface area contributed by atoms with Crippen molar-refractivity contribution < 1.29 is 4.79 Å². The Bertz CT molecular complexity index is 1440. The number of nitrogens with zero attached hydrogens (tertiary/aromatic N) is 8. The van der Waals surface area contributed by atoms with E-state index in [0.717, 1.165) is 24.2 Å². The van der Waals surface area contributed by atoms with Gasteiger partial charge in [-0.15, -0.1) is 0 Å². The molecule has 5 rings (SSSR count). The molecule has 4 aromatic rings. The number of fused-ring (bicyclic) bond motifs is 1. The number of anilines is 5. The summed E-state index contributed by atoms with van der Waals surface area (Å²) in [5, 5.41) is 17.5. The van der Waals surface area contributed by atoms with Crippen LogP contribution in [0.25, 0.3) is 11.0 Å². The second kappa shape index (κ2) is 10.5. The highest BCUT2D eigenvalue weighted by molar-refractivity contribution is 5.92. The first kappa shape index (κ1) is 25.3. The van der Waals surface area contributed by atoms with Gasteiger partial charge >= 0.3 is 6.03 Å². The molecule has 0 radical (unpaired) electrons. The average molecular weight is 517 g/mol. The minimum atomic E-state index is -0.265. The Balaban J connectivity index is 1.24. The van der Waals surface area contributed by atoms with Gasteiger partial charge in [0.15, 0.2) is 11.5 Å². The number of amides is 2. The van der Waals surface area contributed by atoms with Crippen LogP contribution in [0.4, 0.5) is 33.6 Å². The molecule has 4 N–H and O–H groups in total. The van der Waals surface area contributed by atoms with Crippen molar-refractivity contribution in [3.05, 3.63) is 42.9 Å². The van der Waals surface area contributed by atoms with Crippen molar-refractivity contribution >= 4 is 45.9 Å². The number of pyridine rings is 1. The summed E-state index contributed by atoms with van der Waals surface area (Å²) in [5.41, 5.74) is 3.56. The topological polar surface area (TPSA) is 151 Å². The zero-order valence-electron chi connectivity index (χ0n) is 22.0. The number of carbonyl (C=O) groups is 1. The van der Waals surface area contributed by atoms with Gasteiger partial charge in [0.25, 0.3) is 0 Å². The molecule has 198 valence electrons. The molecular formula is C25H32N12O. The Hall–Kier alpha value is -4.39. The van der Waals surface area contributed by atoms with E-state index >= 15 is 0 Å².